The van der Waals surface area contributed by atoms with Crippen LogP contribution in [0, 0.1) is 0 Å². The van der Waals surface area contributed by atoms with E-state index in [-0.39, 0.29) is 11.1 Å². The number of nitrogens with one attached hydrogen (secondary N) is 2. The molecule has 3 saturated heterocycles. The Hall–Kier alpha value is -0.160. The summed E-state index contributed by atoms with van der Waals surface area (Å²) in [6.07, 6.45) is 5.69. The molecule has 0 aromatic rings. The molecule has 3 heterocycles. The van der Waals surface area contributed by atoms with Gasteiger partial charge in [-0.25, -0.2) is 0 Å². The lowest BCUT2D eigenvalue weighted by Gasteiger charge is -2.45. The van der Waals surface area contributed by atoms with Crippen LogP contribution in [0.4, 0.5) is 0 Å². The fourth-order valence-corrected chi connectivity index (χ4v) is 3.68. The third-order valence-electron chi connectivity index (χ3n) is 4.82. The van der Waals surface area contributed by atoms with Crippen molar-refractivity contribution >= 4 is 0 Å². The summed E-state index contributed by atoms with van der Waals surface area (Å²) in [5.41, 5.74) is 0.394. The predicted octanol–water partition coefficient (Wildman–Crippen LogP) is 1.06. The highest BCUT2D eigenvalue weighted by Gasteiger charge is 2.41. The zero-order valence-corrected chi connectivity index (χ0v) is 11.5. The van der Waals surface area contributed by atoms with Crippen molar-refractivity contribution in [3.05, 3.63) is 0 Å². The van der Waals surface area contributed by atoms with Gasteiger partial charge in [0.05, 0.1) is 5.60 Å². The van der Waals surface area contributed by atoms with E-state index < -0.39 is 0 Å². The molecule has 3 fully saturated rings. The van der Waals surface area contributed by atoms with Crippen molar-refractivity contribution in [1.29, 1.82) is 0 Å². The molecule has 2 N–H and O–H groups in total. The van der Waals surface area contributed by atoms with E-state index >= 15 is 0 Å². The van der Waals surface area contributed by atoms with Gasteiger partial charge in [0.25, 0.3) is 0 Å². The monoisotopic (exact) mass is 254 g/mol. The molecule has 4 nitrogen and oxygen atoms in total. The summed E-state index contributed by atoms with van der Waals surface area (Å²) >= 11 is 0. The van der Waals surface area contributed by atoms with Gasteiger partial charge in [0.2, 0.25) is 0 Å². The Bertz CT molecular complexity index is 278. The molecule has 0 bridgehead atoms. The maximum absolute atomic E-state index is 6.10. The van der Waals surface area contributed by atoms with Gasteiger partial charge in [0.1, 0.15) is 0 Å². The number of hydrogen-bond acceptors (Lipinski definition) is 4. The van der Waals surface area contributed by atoms with Gasteiger partial charge in [-0.2, -0.15) is 0 Å². The quantitative estimate of drug-likeness (QED) is 0.773. The van der Waals surface area contributed by atoms with Crippen molar-refractivity contribution in [2.45, 2.75) is 56.2 Å². The molecule has 4 heteroatoms. The van der Waals surface area contributed by atoms with Crippen LogP contribution < -0.4 is 10.6 Å². The van der Waals surface area contributed by atoms with Crippen molar-refractivity contribution in [3.63, 3.8) is 0 Å². The van der Waals surface area contributed by atoms with Crippen LogP contribution in [-0.4, -0.2) is 50.1 Å². The summed E-state index contributed by atoms with van der Waals surface area (Å²) in [6, 6.07) is 0.613. The minimum absolute atomic E-state index is 0.108. The molecule has 0 aromatic carbocycles. The lowest BCUT2D eigenvalue weighted by molar-refractivity contribution is -0.141. The minimum atomic E-state index is 0.108. The average Bonchev–Trinajstić information content (AvgIpc) is 2.77. The van der Waals surface area contributed by atoms with Gasteiger partial charge in [0.15, 0.2) is 0 Å². The van der Waals surface area contributed by atoms with Crippen LogP contribution in [0.25, 0.3) is 0 Å². The molecule has 0 aromatic heterocycles. The van der Waals surface area contributed by atoms with E-state index in [1.807, 2.05) is 0 Å². The van der Waals surface area contributed by atoms with Crippen LogP contribution in [-0.2, 0) is 9.47 Å². The Balaban J connectivity index is 1.59. The third kappa shape index (κ3) is 2.72. The standard InChI is InChI=1S/C14H26N2O2/c1-13(3-6-15-11-13)16-12-2-7-18-14(10-12)4-8-17-9-5-14/h12,15-16H,2-11H2,1H3. The van der Waals surface area contributed by atoms with Crippen LogP contribution in [0.15, 0.2) is 0 Å². The third-order valence-corrected chi connectivity index (χ3v) is 4.82. The summed E-state index contributed by atoms with van der Waals surface area (Å²) in [6.45, 7) is 7.23. The lowest BCUT2D eigenvalue weighted by atomic mass is 9.83. The Kier molecular flexibility index (Phi) is 3.63. The molecule has 0 amide bonds. The predicted molar refractivity (Wildman–Crippen MR) is 70.8 cm³/mol. The van der Waals surface area contributed by atoms with Crippen molar-refractivity contribution in [2.24, 2.45) is 0 Å². The normalized spacial score (nSPS) is 40.2. The lowest BCUT2D eigenvalue weighted by Crippen LogP contribution is -2.56. The van der Waals surface area contributed by atoms with Crippen LogP contribution >= 0.6 is 0 Å². The molecular formula is C14H26N2O2. The number of hydrogen-bond donors (Lipinski definition) is 2. The summed E-state index contributed by atoms with van der Waals surface area (Å²) in [5, 5.41) is 7.34. The van der Waals surface area contributed by atoms with Gasteiger partial charge >= 0.3 is 0 Å². The average molecular weight is 254 g/mol. The molecule has 3 rings (SSSR count). The zero-order valence-electron chi connectivity index (χ0n) is 11.5. The van der Waals surface area contributed by atoms with Gasteiger partial charge < -0.3 is 20.1 Å². The highest BCUT2D eigenvalue weighted by molar-refractivity contribution is 4.98. The molecular weight excluding hydrogens is 228 g/mol. The molecule has 18 heavy (non-hydrogen) atoms. The largest absolute Gasteiger partial charge is 0.381 e. The van der Waals surface area contributed by atoms with Crippen molar-refractivity contribution in [1.82, 2.24) is 10.6 Å². The molecule has 0 saturated carbocycles. The molecule has 2 unspecified atom stereocenters. The first-order valence-corrected chi connectivity index (χ1v) is 7.40. The van der Waals surface area contributed by atoms with Crippen LogP contribution in [0.3, 0.4) is 0 Å². The minimum Gasteiger partial charge on any atom is -0.381 e. The number of ether oxygens (including phenoxy) is 2. The molecule has 2 atom stereocenters. The fraction of sp³-hybridized carbons (Fsp3) is 1.00. The molecule has 1 spiro atoms. The van der Waals surface area contributed by atoms with E-state index in [9.17, 15) is 0 Å². The second-order valence-corrected chi connectivity index (χ2v) is 6.47. The maximum atomic E-state index is 6.10. The first-order valence-electron chi connectivity index (χ1n) is 7.40. The van der Waals surface area contributed by atoms with Gasteiger partial charge in [-0.1, -0.05) is 0 Å². The van der Waals surface area contributed by atoms with Crippen molar-refractivity contribution in [2.75, 3.05) is 32.9 Å². The highest BCUT2D eigenvalue weighted by Crippen LogP contribution is 2.35. The second-order valence-electron chi connectivity index (χ2n) is 6.47. The van der Waals surface area contributed by atoms with E-state index in [4.69, 9.17) is 9.47 Å². The summed E-state index contributed by atoms with van der Waals surface area (Å²) in [7, 11) is 0. The Labute approximate surface area is 110 Å². The molecule has 104 valence electrons. The van der Waals surface area contributed by atoms with E-state index in [1.54, 1.807) is 0 Å². The van der Waals surface area contributed by atoms with Crippen LogP contribution in [0.1, 0.15) is 39.0 Å². The van der Waals surface area contributed by atoms with Crippen molar-refractivity contribution in [3.8, 4) is 0 Å². The summed E-state index contributed by atoms with van der Waals surface area (Å²) in [4.78, 5) is 0. The molecule has 0 aliphatic carbocycles. The zero-order chi connectivity index (χ0) is 12.5. The van der Waals surface area contributed by atoms with Gasteiger partial charge in [0, 0.05) is 37.9 Å². The summed E-state index contributed by atoms with van der Waals surface area (Å²) in [5.74, 6) is 0. The number of rotatable bonds is 2. The topological polar surface area (TPSA) is 42.5 Å². The SMILES string of the molecule is CC1(NC2CCOC3(CCOCC3)C2)CCNC1. The molecule has 3 aliphatic heterocycles. The van der Waals surface area contributed by atoms with Gasteiger partial charge in [-0.3, -0.25) is 0 Å². The Morgan fingerprint density at radius 2 is 2.00 bits per heavy atom. The van der Waals surface area contributed by atoms with Crippen molar-refractivity contribution < 1.29 is 9.47 Å². The Morgan fingerprint density at radius 1 is 1.17 bits per heavy atom. The smallest absolute Gasteiger partial charge is 0.0741 e. The van der Waals surface area contributed by atoms with Crippen LogP contribution in [0.5, 0.6) is 0 Å². The van der Waals surface area contributed by atoms with Crippen LogP contribution in [0.2, 0.25) is 0 Å². The van der Waals surface area contributed by atoms with E-state index in [2.05, 4.69) is 17.6 Å². The second kappa shape index (κ2) is 5.08. The summed E-state index contributed by atoms with van der Waals surface area (Å²) < 4.78 is 11.6. The van der Waals surface area contributed by atoms with Gasteiger partial charge in [-0.15, -0.1) is 0 Å². The molecule has 3 aliphatic rings. The fourth-order valence-electron chi connectivity index (χ4n) is 3.68. The first kappa shape index (κ1) is 12.9. The first-order chi connectivity index (χ1) is 8.70. The highest BCUT2D eigenvalue weighted by atomic mass is 16.5. The van der Waals surface area contributed by atoms with E-state index in [1.165, 1.54) is 6.42 Å². The Morgan fingerprint density at radius 3 is 2.72 bits per heavy atom. The van der Waals surface area contributed by atoms with E-state index in [0.717, 1.165) is 58.6 Å². The maximum Gasteiger partial charge on any atom is 0.0741 e. The molecule has 0 radical (unpaired) electrons. The van der Waals surface area contributed by atoms with E-state index in [0.29, 0.717) is 6.04 Å². The van der Waals surface area contributed by atoms with Gasteiger partial charge in [-0.05, 0) is 45.6 Å².